The smallest absolute Gasteiger partial charge is 0.224 e. The monoisotopic (exact) mass is 250 g/mol. The third kappa shape index (κ3) is 2.29. The van der Waals surface area contributed by atoms with E-state index < -0.39 is 0 Å². The molecule has 2 aliphatic carbocycles. The molecule has 4 atom stereocenters. The molecule has 3 nitrogen and oxygen atoms in total. The molecule has 0 aromatic carbocycles. The predicted octanol–water partition coefficient (Wildman–Crippen LogP) is 2.15. The minimum absolute atomic E-state index is 0.295. The van der Waals surface area contributed by atoms with Gasteiger partial charge < -0.3 is 10.6 Å². The van der Waals surface area contributed by atoms with Crippen LogP contribution in [-0.2, 0) is 4.79 Å². The normalized spacial score (nSPS) is 38.6. The van der Waals surface area contributed by atoms with Crippen LogP contribution in [0.5, 0.6) is 0 Å². The van der Waals surface area contributed by atoms with Crippen LogP contribution in [0.3, 0.4) is 0 Å². The summed E-state index contributed by atoms with van der Waals surface area (Å²) in [6.45, 7) is 1.47. The van der Waals surface area contributed by atoms with E-state index in [-0.39, 0.29) is 0 Å². The summed E-state index contributed by atoms with van der Waals surface area (Å²) in [5.41, 5.74) is 5.51. The zero-order chi connectivity index (χ0) is 12.5. The van der Waals surface area contributed by atoms with Crippen molar-refractivity contribution >= 4 is 5.91 Å². The Balaban J connectivity index is 1.56. The Morgan fingerprint density at radius 1 is 1.22 bits per heavy atom. The second-order valence-corrected chi connectivity index (χ2v) is 6.59. The molecule has 3 fully saturated rings. The van der Waals surface area contributed by atoms with Crippen molar-refractivity contribution in [3.8, 4) is 0 Å². The van der Waals surface area contributed by atoms with E-state index in [0.29, 0.717) is 24.9 Å². The van der Waals surface area contributed by atoms with E-state index in [1.807, 2.05) is 0 Å². The molecule has 1 saturated heterocycles. The zero-order valence-corrected chi connectivity index (χ0v) is 11.3. The molecule has 0 aromatic heterocycles. The van der Waals surface area contributed by atoms with Gasteiger partial charge in [-0.15, -0.1) is 0 Å². The van der Waals surface area contributed by atoms with Gasteiger partial charge in [-0.05, 0) is 56.3 Å². The Labute approximate surface area is 110 Å². The summed E-state index contributed by atoms with van der Waals surface area (Å²) >= 11 is 0. The fourth-order valence-corrected chi connectivity index (χ4v) is 4.69. The molecule has 2 bridgehead atoms. The Hall–Kier alpha value is -0.570. The fourth-order valence-electron chi connectivity index (χ4n) is 4.69. The van der Waals surface area contributed by atoms with Gasteiger partial charge in [0.15, 0.2) is 0 Å². The van der Waals surface area contributed by atoms with Crippen molar-refractivity contribution < 1.29 is 4.79 Å². The van der Waals surface area contributed by atoms with Gasteiger partial charge in [0.2, 0.25) is 5.91 Å². The minimum Gasteiger partial charge on any atom is -0.340 e. The SMILES string of the molecule is NCCC(=O)N1CCCC1CC1CC2CCC1C2. The van der Waals surface area contributed by atoms with Crippen molar-refractivity contribution in [2.24, 2.45) is 23.5 Å². The first kappa shape index (κ1) is 12.5. The average molecular weight is 250 g/mol. The van der Waals surface area contributed by atoms with E-state index in [9.17, 15) is 4.79 Å². The van der Waals surface area contributed by atoms with Crippen LogP contribution in [0, 0.1) is 17.8 Å². The number of nitrogens with two attached hydrogens (primary N) is 1. The molecular weight excluding hydrogens is 224 g/mol. The number of carbonyl (C=O) groups excluding carboxylic acids is 1. The zero-order valence-electron chi connectivity index (χ0n) is 11.3. The number of carbonyl (C=O) groups is 1. The summed E-state index contributed by atoms with van der Waals surface area (Å²) in [5, 5.41) is 0. The van der Waals surface area contributed by atoms with Crippen LogP contribution < -0.4 is 5.73 Å². The lowest BCUT2D eigenvalue weighted by atomic mass is 9.83. The Kier molecular flexibility index (Phi) is 3.60. The van der Waals surface area contributed by atoms with Crippen LogP contribution in [0.1, 0.15) is 51.4 Å². The van der Waals surface area contributed by atoms with Gasteiger partial charge in [0.1, 0.15) is 0 Å². The highest BCUT2D eigenvalue weighted by molar-refractivity contribution is 5.77. The highest BCUT2D eigenvalue weighted by Gasteiger charge is 2.41. The Morgan fingerprint density at radius 3 is 2.78 bits per heavy atom. The molecule has 3 aliphatic rings. The first-order chi connectivity index (χ1) is 8.78. The summed E-state index contributed by atoms with van der Waals surface area (Å²) < 4.78 is 0. The molecule has 1 aliphatic heterocycles. The maximum Gasteiger partial charge on any atom is 0.224 e. The van der Waals surface area contributed by atoms with E-state index in [2.05, 4.69) is 4.90 Å². The Morgan fingerprint density at radius 2 is 2.11 bits per heavy atom. The summed E-state index contributed by atoms with van der Waals surface area (Å²) in [6.07, 6.45) is 10.1. The van der Waals surface area contributed by atoms with Gasteiger partial charge >= 0.3 is 0 Å². The summed E-state index contributed by atoms with van der Waals surface area (Å²) in [6, 6.07) is 0.536. The van der Waals surface area contributed by atoms with E-state index in [1.54, 1.807) is 0 Å². The van der Waals surface area contributed by atoms with Crippen molar-refractivity contribution in [1.82, 2.24) is 4.90 Å². The summed E-state index contributed by atoms with van der Waals surface area (Å²) in [5.74, 6) is 3.22. The van der Waals surface area contributed by atoms with Crippen molar-refractivity contribution in [2.75, 3.05) is 13.1 Å². The summed E-state index contributed by atoms with van der Waals surface area (Å²) in [7, 11) is 0. The van der Waals surface area contributed by atoms with Gasteiger partial charge in [-0.25, -0.2) is 0 Å². The maximum atomic E-state index is 12.0. The average Bonchev–Trinajstić information content (AvgIpc) is 3.04. The molecule has 3 heteroatoms. The van der Waals surface area contributed by atoms with Gasteiger partial charge in [-0.2, -0.15) is 0 Å². The molecule has 102 valence electrons. The topological polar surface area (TPSA) is 46.3 Å². The molecule has 2 N–H and O–H groups in total. The highest BCUT2D eigenvalue weighted by Crippen LogP contribution is 2.50. The summed E-state index contributed by atoms with van der Waals surface area (Å²) in [4.78, 5) is 14.2. The molecule has 1 heterocycles. The lowest BCUT2D eigenvalue weighted by molar-refractivity contribution is -0.132. The minimum atomic E-state index is 0.295. The van der Waals surface area contributed by atoms with Crippen molar-refractivity contribution in [3.05, 3.63) is 0 Å². The number of rotatable bonds is 4. The molecule has 0 radical (unpaired) electrons. The van der Waals surface area contributed by atoms with Crippen LogP contribution in [0.4, 0.5) is 0 Å². The van der Waals surface area contributed by atoms with Gasteiger partial charge in [0.05, 0.1) is 0 Å². The van der Waals surface area contributed by atoms with E-state index in [0.717, 1.165) is 24.3 Å². The van der Waals surface area contributed by atoms with Crippen LogP contribution >= 0.6 is 0 Å². The first-order valence-electron chi connectivity index (χ1n) is 7.77. The van der Waals surface area contributed by atoms with Crippen molar-refractivity contribution in [2.45, 2.75) is 57.4 Å². The van der Waals surface area contributed by atoms with E-state index >= 15 is 0 Å². The maximum absolute atomic E-state index is 12.0. The molecule has 3 rings (SSSR count). The van der Waals surface area contributed by atoms with Crippen molar-refractivity contribution in [3.63, 3.8) is 0 Å². The first-order valence-corrected chi connectivity index (χ1v) is 7.77. The number of likely N-dealkylation sites (tertiary alicyclic amines) is 1. The van der Waals surface area contributed by atoms with Gasteiger partial charge in [-0.3, -0.25) is 4.79 Å². The second-order valence-electron chi connectivity index (χ2n) is 6.59. The predicted molar refractivity (Wildman–Crippen MR) is 72.0 cm³/mol. The molecule has 18 heavy (non-hydrogen) atoms. The van der Waals surface area contributed by atoms with Gasteiger partial charge in [0.25, 0.3) is 0 Å². The van der Waals surface area contributed by atoms with Gasteiger partial charge in [-0.1, -0.05) is 6.42 Å². The van der Waals surface area contributed by atoms with Crippen LogP contribution in [0.25, 0.3) is 0 Å². The van der Waals surface area contributed by atoms with Crippen LogP contribution in [0.2, 0.25) is 0 Å². The largest absolute Gasteiger partial charge is 0.340 e. The van der Waals surface area contributed by atoms with Crippen LogP contribution in [0.15, 0.2) is 0 Å². The molecular formula is C15H26N2O. The second kappa shape index (κ2) is 5.20. The molecule has 2 saturated carbocycles. The number of hydrogen-bond donors (Lipinski definition) is 1. The Bertz CT molecular complexity index is 318. The lowest BCUT2D eigenvalue weighted by Crippen LogP contribution is -2.38. The van der Waals surface area contributed by atoms with Crippen LogP contribution in [-0.4, -0.2) is 29.9 Å². The number of amides is 1. The van der Waals surface area contributed by atoms with Gasteiger partial charge in [0, 0.05) is 25.6 Å². The quantitative estimate of drug-likeness (QED) is 0.831. The lowest BCUT2D eigenvalue weighted by Gasteiger charge is -2.30. The highest BCUT2D eigenvalue weighted by atomic mass is 16.2. The standard InChI is InChI=1S/C15H26N2O/c16-6-5-15(18)17-7-1-2-14(17)10-13-9-11-3-4-12(13)8-11/h11-14H,1-10,16H2. The number of fused-ring (bicyclic) bond motifs is 2. The van der Waals surface area contributed by atoms with E-state index in [1.165, 1.54) is 44.9 Å². The number of hydrogen-bond acceptors (Lipinski definition) is 2. The fraction of sp³-hybridized carbons (Fsp3) is 0.933. The number of nitrogens with zero attached hydrogens (tertiary/aromatic N) is 1. The third-order valence-corrected chi connectivity index (χ3v) is 5.52. The molecule has 0 aromatic rings. The van der Waals surface area contributed by atoms with E-state index in [4.69, 9.17) is 5.73 Å². The molecule has 1 amide bonds. The molecule has 4 unspecified atom stereocenters. The third-order valence-electron chi connectivity index (χ3n) is 5.52. The molecule has 0 spiro atoms. The van der Waals surface area contributed by atoms with Crippen molar-refractivity contribution in [1.29, 1.82) is 0 Å².